The fourth-order valence-electron chi connectivity index (χ4n) is 3.30. The second kappa shape index (κ2) is 12.1. The van der Waals surface area contributed by atoms with Crippen LogP contribution in [0.2, 0.25) is 0 Å². The number of nitrogens with zero attached hydrogens (tertiary/aromatic N) is 4. The lowest BCUT2D eigenvalue weighted by Gasteiger charge is -2.15. The average Bonchev–Trinajstić information content (AvgIpc) is 3.52. The van der Waals surface area contributed by atoms with E-state index in [4.69, 9.17) is 14.2 Å². The highest BCUT2D eigenvalue weighted by atomic mass is 79.9. The Labute approximate surface area is 224 Å². The van der Waals surface area contributed by atoms with Crippen molar-refractivity contribution in [1.82, 2.24) is 20.2 Å². The summed E-state index contributed by atoms with van der Waals surface area (Å²) in [7, 11) is 4.67. The van der Waals surface area contributed by atoms with Crippen LogP contribution in [0.5, 0.6) is 17.2 Å². The SMILES string of the molecule is COc1cc(-c2nnc(SCC(=O)N/N=C\c3ccc(Br)s3)n2-c2ccccc2)cc(OC)c1OC. The third-order valence-electron chi connectivity index (χ3n) is 4.88. The number of aromatic nitrogens is 3. The van der Waals surface area contributed by atoms with Crippen LogP contribution in [0.4, 0.5) is 0 Å². The smallest absolute Gasteiger partial charge is 0.250 e. The Kier molecular flexibility index (Phi) is 8.62. The van der Waals surface area contributed by atoms with Gasteiger partial charge in [-0.15, -0.1) is 21.5 Å². The maximum absolute atomic E-state index is 12.4. The van der Waals surface area contributed by atoms with E-state index in [1.807, 2.05) is 59.2 Å². The molecule has 36 heavy (non-hydrogen) atoms. The predicted molar refractivity (Wildman–Crippen MR) is 145 cm³/mol. The van der Waals surface area contributed by atoms with Crippen LogP contribution < -0.4 is 19.6 Å². The summed E-state index contributed by atoms with van der Waals surface area (Å²) in [5, 5.41) is 13.4. The number of hydrogen-bond donors (Lipinski definition) is 1. The van der Waals surface area contributed by atoms with E-state index in [2.05, 4.69) is 36.7 Å². The third kappa shape index (κ3) is 5.89. The van der Waals surface area contributed by atoms with Gasteiger partial charge in [0.2, 0.25) is 5.75 Å². The number of methoxy groups -OCH3 is 3. The van der Waals surface area contributed by atoms with E-state index in [1.165, 1.54) is 23.1 Å². The van der Waals surface area contributed by atoms with Crippen LogP contribution in [0.15, 0.2) is 68.6 Å². The van der Waals surface area contributed by atoms with Gasteiger partial charge < -0.3 is 14.2 Å². The van der Waals surface area contributed by atoms with Crippen LogP contribution in [0.1, 0.15) is 4.88 Å². The minimum absolute atomic E-state index is 0.103. The molecule has 0 aliphatic carbocycles. The van der Waals surface area contributed by atoms with Crippen LogP contribution in [0, 0.1) is 0 Å². The van der Waals surface area contributed by atoms with E-state index < -0.39 is 0 Å². The van der Waals surface area contributed by atoms with Crippen LogP contribution >= 0.6 is 39.0 Å². The minimum atomic E-state index is -0.260. The first kappa shape index (κ1) is 25.7. The lowest BCUT2D eigenvalue weighted by molar-refractivity contribution is -0.118. The number of ether oxygens (including phenoxy) is 3. The third-order valence-corrected chi connectivity index (χ3v) is 7.37. The summed E-state index contributed by atoms with van der Waals surface area (Å²) in [6, 6.07) is 17.1. The number of hydrazone groups is 1. The fourth-order valence-corrected chi connectivity index (χ4v) is 5.34. The number of nitrogens with one attached hydrogen (secondary N) is 1. The van der Waals surface area contributed by atoms with Crippen molar-refractivity contribution >= 4 is 51.2 Å². The first-order chi connectivity index (χ1) is 17.5. The van der Waals surface area contributed by atoms with Crippen molar-refractivity contribution in [3.05, 3.63) is 63.3 Å². The van der Waals surface area contributed by atoms with Gasteiger partial charge in [0.25, 0.3) is 5.91 Å². The van der Waals surface area contributed by atoms with Gasteiger partial charge in [0, 0.05) is 16.1 Å². The number of carbonyl (C=O) groups excluding carboxylic acids is 1. The molecule has 0 aliphatic heterocycles. The first-order valence-corrected chi connectivity index (χ1v) is 13.1. The molecule has 0 bridgehead atoms. The zero-order chi connectivity index (χ0) is 25.5. The van der Waals surface area contributed by atoms with Crippen molar-refractivity contribution < 1.29 is 19.0 Å². The molecule has 2 aromatic heterocycles. The van der Waals surface area contributed by atoms with Gasteiger partial charge in [-0.25, -0.2) is 5.43 Å². The number of hydrogen-bond acceptors (Lipinski definition) is 9. The van der Waals surface area contributed by atoms with E-state index in [9.17, 15) is 4.79 Å². The van der Waals surface area contributed by atoms with E-state index in [-0.39, 0.29) is 11.7 Å². The highest BCUT2D eigenvalue weighted by molar-refractivity contribution is 9.11. The number of amides is 1. The molecule has 186 valence electrons. The normalized spacial score (nSPS) is 11.0. The minimum Gasteiger partial charge on any atom is -0.493 e. The Balaban J connectivity index is 1.61. The van der Waals surface area contributed by atoms with Gasteiger partial charge in [-0.3, -0.25) is 9.36 Å². The summed E-state index contributed by atoms with van der Waals surface area (Å²) in [5.41, 5.74) is 4.10. The average molecular weight is 589 g/mol. The van der Waals surface area contributed by atoms with Gasteiger partial charge >= 0.3 is 0 Å². The van der Waals surface area contributed by atoms with Gasteiger partial charge in [0.1, 0.15) is 0 Å². The molecule has 0 radical (unpaired) electrons. The molecule has 1 amide bonds. The molecule has 0 unspecified atom stereocenters. The van der Waals surface area contributed by atoms with Crippen molar-refractivity contribution in [2.24, 2.45) is 5.10 Å². The molecule has 0 saturated carbocycles. The second-order valence-corrected chi connectivity index (χ2v) is 10.6. The first-order valence-electron chi connectivity index (χ1n) is 10.5. The van der Waals surface area contributed by atoms with Gasteiger partial charge in [-0.2, -0.15) is 5.10 Å². The van der Waals surface area contributed by atoms with Gasteiger partial charge in [0.05, 0.1) is 37.1 Å². The molecular weight excluding hydrogens is 566 g/mol. The van der Waals surface area contributed by atoms with Gasteiger partial charge in [-0.1, -0.05) is 30.0 Å². The number of thioether (sulfide) groups is 1. The van der Waals surface area contributed by atoms with E-state index in [1.54, 1.807) is 27.5 Å². The Hall–Kier alpha value is -3.35. The van der Waals surface area contributed by atoms with Crippen LogP contribution in [-0.2, 0) is 4.79 Å². The van der Waals surface area contributed by atoms with Crippen molar-refractivity contribution in [2.75, 3.05) is 27.1 Å². The molecule has 12 heteroatoms. The molecule has 0 spiro atoms. The molecule has 0 fully saturated rings. The fraction of sp³-hybridized carbons (Fsp3) is 0.167. The summed E-state index contributed by atoms with van der Waals surface area (Å²) in [6.45, 7) is 0. The zero-order valence-corrected chi connectivity index (χ0v) is 22.8. The maximum atomic E-state index is 12.4. The Morgan fingerprint density at radius 3 is 2.42 bits per heavy atom. The summed E-state index contributed by atoms with van der Waals surface area (Å²) in [6.07, 6.45) is 1.60. The summed E-state index contributed by atoms with van der Waals surface area (Å²) < 4.78 is 19.3. The second-order valence-electron chi connectivity index (χ2n) is 7.11. The molecule has 0 saturated heterocycles. The number of halogens is 1. The number of thiophene rings is 1. The van der Waals surface area contributed by atoms with Crippen LogP contribution in [-0.4, -0.2) is 54.0 Å². The number of benzene rings is 2. The molecular formula is C24H22BrN5O4S2. The highest BCUT2D eigenvalue weighted by Crippen LogP contribution is 2.41. The summed E-state index contributed by atoms with van der Waals surface area (Å²) in [5.74, 6) is 1.88. The van der Waals surface area contributed by atoms with E-state index >= 15 is 0 Å². The quantitative estimate of drug-likeness (QED) is 0.158. The number of rotatable bonds is 10. The van der Waals surface area contributed by atoms with Crippen LogP contribution in [0.25, 0.3) is 17.1 Å². The van der Waals surface area contributed by atoms with Crippen molar-refractivity contribution in [3.8, 4) is 34.3 Å². The van der Waals surface area contributed by atoms with Gasteiger partial charge in [-0.05, 0) is 52.3 Å². The molecule has 2 heterocycles. The predicted octanol–water partition coefficient (Wildman–Crippen LogP) is 5.03. The van der Waals surface area contributed by atoms with Gasteiger partial charge in [0.15, 0.2) is 22.5 Å². The zero-order valence-electron chi connectivity index (χ0n) is 19.6. The maximum Gasteiger partial charge on any atom is 0.250 e. The molecule has 0 aliphatic rings. The number of carbonyl (C=O) groups is 1. The molecule has 1 N–H and O–H groups in total. The summed E-state index contributed by atoms with van der Waals surface area (Å²) in [4.78, 5) is 13.3. The molecule has 2 aromatic carbocycles. The van der Waals surface area contributed by atoms with Crippen molar-refractivity contribution in [1.29, 1.82) is 0 Å². The van der Waals surface area contributed by atoms with Crippen molar-refractivity contribution in [3.63, 3.8) is 0 Å². The topological polar surface area (TPSA) is 99.9 Å². The standard InChI is InChI=1S/C24H22BrN5O4S2/c1-32-18-11-15(12-19(33-2)22(18)34-3)23-28-29-24(30(23)16-7-5-4-6-8-16)35-14-21(31)27-26-13-17-9-10-20(25)36-17/h4-13H,14H2,1-3H3,(H,27,31)/b26-13-. The molecule has 4 aromatic rings. The Bertz CT molecular complexity index is 1350. The Morgan fingerprint density at radius 2 is 1.81 bits per heavy atom. The molecule has 9 nitrogen and oxygen atoms in total. The monoisotopic (exact) mass is 587 g/mol. The molecule has 0 atom stereocenters. The Morgan fingerprint density at radius 1 is 1.08 bits per heavy atom. The largest absolute Gasteiger partial charge is 0.493 e. The number of para-hydroxylation sites is 1. The lowest BCUT2D eigenvalue weighted by Crippen LogP contribution is -2.19. The van der Waals surface area contributed by atoms with Crippen LogP contribution in [0.3, 0.4) is 0 Å². The summed E-state index contributed by atoms with van der Waals surface area (Å²) >= 11 is 6.18. The highest BCUT2D eigenvalue weighted by Gasteiger charge is 2.21. The van der Waals surface area contributed by atoms with E-state index in [0.717, 1.165) is 14.4 Å². The van der Waals surface area contributed by atoms with E-state index in [0.29, 0.717) is 33.8 Å². The van der Waals surface area contributed by atoms with Crippen molar-refractivity contribution in [2.45, 2.75) is 5.16 Å². The molecule has 4 rings (SSSR count). The lowest BCUT2D eigenvalue weighted by atomic mass is 10.1.